The van der Waals surface area contributed by atoms with E-state index in [2.05, 4.69) is 25.2 Å². The normalized spacial score (nSPS) is 11.4. The van der Waals surface area contributed by atoms with Crippen molar-refractivity contribution in [1.29, 1.82) is 0 Å². The summed E-state index contributed by atoms with van der Waals surface area (Å²) < 4.78 is 0. The van der Waals surface area contributed by atoms with E-state index in [4.69, 9.17) is 11.6 Å². The average Bonchev–Trinajstić information content (AvgIpc) is 2.30. The first kappa shape index (κ1) is 13.5. The van der Waals surface area contributed by atoms with Gasteiger partial charge in [-0.25, -0.2) is 0 Å². The van der Waals surface area contributed by atoms with E-state index in [1.165, 1.54) is 5.19 Å². The molecule has 3 heteroatoms. The van der Waals surface area contributed by atoms with Gasteiger partial charge in [-0.05, 0) is 12.8 Å². The van der Waals surface area contributed by atoms with Crippen molar-refractivity contribution in [3.05, 3.63) is 30.3 Å². The first-order chi connectivity index (χ1) is 7.59. The van der Waals surface area contributed by atoms with Crippen molar-refractivity contribution in [3.63, 3.8) is 0 Å². The highest BCUT2D eigenvalue weighted by molar-refractivity contribution is 7.13. The van der Waals surface area contributed by atoms with Crippen LogP contribution in [0.5, 0.6) is 0 Å². The summed E-state index contributed by atoms with van der Waals surface area (Å²) in [5.74, 6) is 0.653. The Morgan fingerprint density at radius 2 is 1.81 bits per heavy atom. The minimum Gasteiger partial charge on any atom is -0.305 e. The lowest BCUT2D eigenvalue weighted by atomic mass is 10.3. The highest BCUT2D eigenvalue weighted by Gasteiger charge is 2.31. The van der Waals surface area contributed by atoms with Gasteiger partial charge in [0.05, 0.1) is 0 Å². The molecular weight excluding hydrogens is 236 g/mol. The van der Waals surface area contributed by atoms with Crippen molar-refractivity contribution in [2.75, 3.05) is 5.88 Å². The van der Waals surface area contributed by atoms with Crippen LogP contribution < -0.4 is 5.19 Å². The maximum atomic E-state index is 12.2. The molecule has 0 saturated heterocycles. The molecule has 0 heterocycles. The Labute approximate surface area is 104 Å². The summed E-state index contributed by atoms with van der Waals surface area (Å²) in [6.45, 7) is 4.26. The topological polar surface area (TPSA) is 17.1 Å². The van der Waals surface area contributed by atoms with Crippen LogP contribution in [0.4, 0.5) is 0 Å². The SMILES string of the molecule is C[Si](C)(C(=O)CCCCCl)c1ccccc1. The van der Waals surface area contributed by atoms with Crippen molar-refractivity contribution >= 4 is 30.3 Å². The second kappa shape index (κ2) is 6.21. The summed E-state index contributed by atoms with van der Waals surface area (Å²) >= 11 is 5.62. The number of carbonyl (C=O) groups is 1. The fraction of sp³-hybridized carbons (Fsp3) is 0.462. The first-order valence-corrected chi connectivity index (χ1v) is 9.27. The Kier molecular flexibility index (Phi) is 5.23. The molecule has 88 valence electrons. The third kappa shape index (κ3) is 3.46. The molecule has 0 spiro atoms. The molecule has 0 unspecified atom stereocenters. The predicted octanol–water partition coefficient (Wildman–Crippen LogP) is 3.12. The highest BCUT2D eigenvalue weighted by Crippen LogP contribution is 2.10. The van der Waals surface area contributed by atoms with Crippen LogP contribution in [0, 0.1) is 0 Å². The van der Waals surface area contributed by atoms with Gasteiger partial charge in [0.2, 0.25) is 0 Å². The number of benzene rings is 1. The van der Waals surface area contributed by atoms with E-state index >= 15 is 0 Å². The van der Waals surface area contributed by atoms with Gasteiger partial charge in [0, 0.05) is 12.3 Å². The smallest absolute Gasteiger partial charge is 0.157 e. The van der Waals surface area contributed by atoms with Gasteiger partial charge in [-0.2, -0.15) is 0 Å². The van der Waals surface area contributed by atoms with Crippen LogP contribution in [0.15, 0.2) is 30.3 Å². The summed E-state index contributed by atoms with van der Waals surface area (Å²) in [6, 6.07) is 10.2. The van der Waals surface area contributed by atoms with Crippen molar-refractivity contribution in [2.24, 2.45) is 0 Å². The van der Waals surface area contributed by atoms with E-state index in [0.717, 1.165) is 12.8 Å². The van der Waals surface area contributed by atoms with E-state index in [1.807, 2.05) is 18.2 Å². The van der Waals surface area contributed by atoms with Gasteiger partial charge in [-0.3, -0.25) is 0 Å². The third-order valence-electron chi connectivity index (χ3n) is 2.98. The van der Waals surface area contributed by atoms with Crippen LogP contribution in [-0.2, 0) is 4.79 Å². The van der Waals surface area contributed by atoms with E-state index in [1.54, 1.807) is 0 Å². The van der Waals surface area contributed by atoms with Gasteiger partial charge in [0.15, 0.2) is 8.07 Å². The molecule has 1 aromatic carbocycles. The molecule has 0 bridgehead atoms. The number of hydrogen-bond acceptors (Lipinski definition) is 1. The molecule has 16 heavy (non-hydrogen) atoms. The summed E-state index contributed by atoms with van der Waals surface area (Å²) in [5, 5.41) is 1.66. The predicted molar refractivity (Wildman–Crippen MR) is 73.1 cm³/mol. The largest absolute Gasteiger partial charge is 0.305 e. The minimum absolute atomic E-state index is 0.434. The average molecular weight is 255 g/mol. The maximum Gasteiger partial charge on any atom is 0.157 e. The second-order valence-electron chi connectivity index (χ2n) is 4.56. The van der Waals surface area contributed by atoms with E-state index in [9.17, 15) is 4.79 Å². The zero-order valence-electron chi connectivity index (χ0n) is 10.0. The second-order valence-corrected chi connectivity index (χ2v) is 9.32. The first-order valence-electron chi connectivity index (χ1n) is 5.74. The number of rotatable bonds is 6. The van der Waals surface area contributed by atoms with Gasteiger partial charge in [0.1, 0.15) is 5.41 Å². The number of hydrogen-bond donors (Lipinski definition) is 0. The zero-order valence-corrected chi connectivity index (χ0v) is 11.8. The monoisotopic (exact) mass is 254 g/mol. The molecule has 0 N–H and O–H groups in total. The molecule has 0 aliphatic carbocycles. The molecule has 0 amide bonds. The van der Waals surface area contributed by atoms with Gasteiger partial charge in [-0.1, -0.05) is 48.6 Å². The summed E-state index contributed by atoms with van der Waals surface area (Å²) in [4.78, 5) is 12.2. The number of unbranched alkanes of at least 4 members (excludes halogenated alkanes) is 1. The Bertz CT molecular complexity index is 335. The molecule has 1 aromatic rings. The lowest BCUT2D eigenvalue weighted by Gasteiger charge is -2.21. The van der Waals surface area contributed by atoms with Crippen molar-refractivity contribution in [3.8, 4) is 0 Å². The molecule has 0 saturated carbocycles. The minimum atomic E-state index is -1.91. The standard InChI is InChI=1S/C13H19ClOSi/c1-16(2,12-8-4-3-5-9-12)13(15)10-6-7-11-14/h3-5,8-9H,6-7,10-11H2,1-2H3. The number of alkyl halides is 1. The summed E-state index contributed by atoms with van der Waals surface area (Å²) in [6.07, 6.45) is 2.54. The molecule has 1 nitrogen and oxygen atoms in total. The summed E-state index contributed by atoms with van der Waals surface area (Å²) in [5.41, 5.74) is 0. The molecule has 0 aliphatic heterocycles. The molecule has 1 rings (SSSR count). The molecule has 0 fully saturated rings. The van der Waals surface area contributed by atoms with E-state index < -0.39 is 8.07 Å². The molecule has 0 aliphatic rings. The quantitative estimate of drug-likeness (QED) is 0.433. The number of halogens is 1. The van der Waals surface area contributed by atoms with E-state index in [0.29, 0.717) is 17.7 Å². The van der Waals surface area contributed by atoms with Crippen LogP contribution in [0.25, 0.3) is 0 Å². The van der Waals surface area contributed by atoms with Gasteiger partial charge in [0.25, 0.3) is 0 Å². The lowest BCUT2D eigenvalue weighted by molar-refractivity contribution is -0.112. The zero-order chi connectivity index (χ0) is 12.0. The molecule has 0 aromatic heterocycles. The van der Waals surface area contributed by atoms with Crippen molar-refractivity contribution in [1.82, 2.24) is 0 Å². The van der Waals surface area contributed by atoms with Crippen molar-refractivity contribution < 1.29 is 4.79 Å². The Morgan fingerprint density at radius 3 is 2.38 bits per heavy atom. The van der Waals surface area contributed by atoms with Gasteiger partial charge >= 0.3 is 0 Å². The molecular formula is C13H19ClOSi. The highest BCUT2D eigenvalue weighted by atomic mass is 35.5. The maximum absolute atomic E-state index is 12.2. The third-order valence-corrected chi connectivity index (χ3v) is 6.67. The Morgan fingerprint density at radius 1 is 1.19 bits per heavy atom. The van der Waals surface area contributed by atoms with Gasteiger partial charge < -0.3 is 4.79 Å². The fourth-order valence-corrected chi connectivity index (χ4v) is 4.05. The van der Waals surface area contributed by atoms with Crippen LogP contribution in [-0.4, -0.2) is 19.4 Å². The Hall–Kier alpha value is -0.603. The summed E-state index contributed by atoms with van der Waals surface area (Å²) in [7, 11) is -1.91. The van der Waals surface area contributed by atoms with Gasteiger partial charge in [-0.15, -0.1) is 11.6 Å². The van der Waals surface area contributed by atoms with Crippen LogP contribution in [0.3, 0.4) is 0 Å². The van der Waals surface area contributed by atoms with E-state index in [-0.39, 0.29) is 0 Å². The lowest BCUT2D eigenvalue weighted by Crippen LogP contribution is -2.49. The van der Waals surface area contributed by atoms with Crippen LogP contribution in [0.2, 0.25) is 13.1 Å². The fourth-order valence-electron chi connectivity index (χ4n) is 1.71. The molecule has 0 radical (unpaired) electrons. The molecule has 0 atom stereocenters. The number of carbonyl (C=O) groups excluding carboxylic acids is 1. The Balaban J connectivity index is 2.66. The van der Waals surface area contributed by atoms with Crippen molar-refractivity contribution in [2.45, 2.75) is 32.4 Å². The van der Waals surface area contributed by atoms with Crippen LogP contribution in [0.1, 0.15) is 19.3 Å². The van der Waals surface area contributed by atoms with Crippen LogP contribution >= 0.6 is 11.6 Å².